The minimum Gasteiger partial charge on any atom is -0.460 e. The summed E-state index contributed by atoms with van der Waals surface area (Å²) in [5.74, 6) is -0.187. The normalized spacial score (nSPS) is 17.5. The van der Waals surface area contributed by atoms with Crippen molar-refractivity contribution in [3.63, 3.8) is 0 Å². The Hall–Kier alpha value is -2.85. The average molecular weight is 333 g/mol. The number of hydrogen-bond acceptors (Lipinski definition) is 4. The van der Waals surface area contributed by atoms with E-state index in [1.807, 2.05) is 37.4 Å². The van der Waals surface area contributed by atoms with Crippen LogP contribution in [0.2, 0.25) is 0 Å². The molecule has 1 aliphatic heterocycles. The van der Waals surface area contributed by atoms with Gasteiger partial charge in [0.15, 0.2) is 0 Å². The van der Waals surface area contributed by atoms with Crippen molar-refractivity contribution in [2.75, 3.05) is 13.7 Å². The van der Waals surface area contributed by atoms with E-state index in [4.69, 9.17) is 9.57 Å². The standard InChI is InChI=1S/C21H19NO3/c1-3-24-21(23)19-13-18(22(2)25-19)20-16-10-6-4-8-14(16)12-15-9-5-7-11-17(15)20/h4-13,18H,3H2,1-2H3. The van der Waals surface area contributed by atoms with Crippen molar-refractivity contribution in [3.05, 3.63) is 72.0 Å². The molecule has 126 valence electrons. The number of fused-ring (bicyclic) bond motifs is 2. The van der Waals surface area contributed by atoms with Gasteiger partial charge < -0.3 is 9.57 Å². The van der Waals surface area contributed by atoms with Crippen LogP contribution in [-0.4, -0.2) is 24.7 Å². The highest BCUT2D eigenvalue weighted by Gasteiger charge is 2.31. The number of carbonyl (C=O) groups excluding carboxylic acids is 1. The van der Waals surface area contributed by atoms with Crippen LogP contribution in [0, 0.1) is 0 Å². The Morgan fingerprint density at radius 1 is 1.08 bits per heavy atom. The number of ether oxygens (including phenoxy) is 1. The predicted octanol–water partition coefficient (Wildman–Crippen LogP) is 4.36. The van der Waals surface area contributed by atoms with E-state index < -0.39 is 5.97 Å². The summed E-state index contributed by atoms with van der Waals surface area (Å²) in [6.07, 6.45) is 1.84. The molecule has 4 rings (SSSR count). The van der Waals surface area contributed by atoms with Gasteiger partial charge in [-0.2, -0.15) is 0 Å². The van der Waals surface area contributed by atoms with Crippen LogP contribution < -0.4 is 0 Å². The maximum atomic E-state index is 12.1. The Morgan fingerprint density at radius 3 is 2.28 bits per heavy atom. The fourth-order valence-corrected chi connectivity index (χ4v) is 3.43. The molecule has 0 N–H and O–H groups in total. The largest absolute Gasteiger partial charge is 0.460 e. The molecule has 0 bridgehead atoms. The zero-order valence-corrected chi connectivity index (χ0v) is 14.2. The van der Waals surface area contributed by atoms with Crippen LogP contribution in [0.1, 0.15) is 18.5 Å². The number of likely N-dealkylation sites (N-methyl/N-ethyl adjacent to an activating group) is 1. The van der Waals surface area contributed by atoms with Crippen LogP contribution in [0.25, 0.3) is 21.5 Å². The third-order valence-electron chi connectivity index (χ3n) is 4.53. The summed E-state index contributed by atoms with van der Waals surface area (Å²) in [7, 11) is 1.84. The first-order chi connectivity index (χ1) is 12.2. The molecule has 1 aliphatic rings. The quantitative estimate of drug-likeness (QED) is 0.527. The van der Waals surface area contributed by atoms with Crippen LogP contribution in [0.15, 0.2) is 66.4 Å². The first-order valence-corrected chi connectivity index (χ1v) is 8.39. The summed E-state index contributed by atoms with van der Waals surface area (Å²) >= 11 is 0. The lowest BCUT2D eigenvalue weighted by atomic mass is 9.92. The zero-order valence-electron chi connectivity index (χ0n) is 14.2. The Bertz CT molecular complexity index is 939. The van der Waals surface area contributed by atoms with Crippen molar-refractivity contribution >= 4 is 27.5 Å². The van der Waals surface area contributed by atoms with Gasteiger partial charge in [0, 0.05) is 7.05 Å². The van der Waals surface area contributed by atoms with Crippen LogP contribution in [0.5, 0.6) is 0 Å². The van der Waals surface area contributed by atoms with Crippen molar-refractivity contribution in [3.8, 4) is 0 Å². The molecule has 25 heavy (non-hydrogen) atoms. The second-order valence-corrected chi connectivity index (χ2v) is 6.07. The number of nitrogens with zero attached hydrogens (tertiary/aromatic N) is 1. The third-order valence-corrected chi connectivity index (χ3v) is 4.53. The Morgan fingerprint density at radius 2 is 1.68 bits per heavy atom. The van der Waals surface area contributed by atoms with E-state index in [1.54, 1.807) is 12.0 Å². The summed E-state index contributed by atoms with van der Waals surface area (Å²) in [6.45, 7) is 2.11. The van der Waals surface area contributed by atoms with Gasteiger partial charge in [0.25, 0.3) is 0 Å². The summed E-state index contributed by atoms with van der Waals surface area (Å²) in [5, 5.41) is 6.36. The van der Waals surface area contributed by atoms with E-state index in [0.717, 1.165) is 16.3 Å². The van der Waals surface area contributed by atoms with Crippen LogP contribution in [0.4, 0.5) is 0 Å². The fourth-order valence-electron chi connectivity index (χ4n) is 3.43. The molecule has 0 saturated carbocycles. The van der Waals surface area contributed by atoms with Crippen LogP contribution >= 0.6 is 0 Å². The Balaban J connectivity index is 1.94. The maximum Gasteiger partial charge on any atom is 0.375 e. The molecule has 0 aliphatic carbocycles. The lowest BCUT2D eigenvalue weighted by molar-refractivity contribution is -0.154. The van der Waals surface area contributed by atoms with Gasteiger partial charge >= 0.3 is 5.97 Å². The average Bonchev–Trinajstić information content (AvgIpc) is 3.01. The first kappa shape index (κ1) is 15.7. The first-order valence-electron chi connectivity index (χ1n) is 8.39. The number of carbonyl (C=O) groups is 1. The molecule has 1 atom stereocenters. The number of hydroxylamine groups is 2. The molecule has 4 nitrogen and oxygen atoms in total. The summed E-state index contributed by atoms with van der Waals surface area (Å²) in [5.41, 5.74) is 1.13. The molecule has 4 heteroatoms. The number of benzene rings is 3. The third kappa shape index (κ3) is 2.65. The summed E-state index contributed by atoms with van der Waals surface area (Å²) < 4.78 is 5.07. The van der Waals surface area contributed by atoms with Crippen molar-refractivity contribution in [1.82, 2.24) is 5.06 Å². The molecule has 1 heterocycles. The van der Waals surface area contributed by atoms with Gasteiger partial charge in [-0.25, -0.2) is 4.79 Å². The van der Waals surface area contributed by atoms with E-state index in [2.05, 4.69) is 30.3 Å². The zero-order chi connectivity index (χ0) is 17.4. The van der Waals surface area contributed by atoms with Crippen molar-refractivity contribution in [2.24, 2.45) is 0 Å². The molecular formula is C21H19NO3. The van der Waals surface area contributed by atoms with Crippen LogP contribution in [0.3, 0.4) is 0 Å². The molecule has 1 unspecified atom stereocenters. The molecule has 0 fully saturated rings. The molecular weight excluding hydrogens is 314 g/mol. The van der Waals surface area contributed by atoms with E-state index >= 15 is 0 Å². The lowest BCUT2D eigenvalue weighted by Crippen LogP contribution is -2.19. The minimum absolute atomic E-state index is 0.157. The molecule has 3 aromatic rings. The predicted molar refractivity (Wildman–Crippen MR) is 97.8 cm³/mol. The summed E-state index contributed by atoms with van der Waals surface area (Å²) in [4.78, 5) is 17.7. The van der Waals surface area contributed by atoms with Crippen LogP contribution in [-0.2, 0) is 14.4 Å². The minimum atomic E-state index is -0.429. The van der Waals surface area contributed by atoms with Crippen molar-refractivity contribution in [1.29, 1.82) is 0 Å². The van der Waals surface area contributed by atoms with Gasteiger partial charge in [0.2, 0.25) is 5.76 Å². The highest BCUT2D eigenvalue weighted by Crippen LogP contribution is 2.39. The molecule has 0 amide bonds. The van der Waals surface area contributed by atoms with E-state index in [0.29, 0.717) is 6.61 Å². The SMILES string of the molecule is CCOC(=O)C1=CC(c2c3ccccc3cc3ccccc23)N(C)O1. The van der Waals surface area contributed by atoms with E-state index in [9.17, 15) is 4.79 Å². The molecule has 0 radical (unpaired) electrons. The van der Waals surface area contributed by atoms with E-state index in [-0.39, 0.29) is 11.8 Å². The van der Waals surface area contributed by atoms with Gasteiger partial charge in [-0.3, -0.25) is 0 Å². The fraction of sp³-hybridized carbons (Fsp3) is 0.190. The van der Waals surface area contributed by atoms with Gasteiger partial charge in [0.05, 0.1) is 12.6 Å². The molecule has 0 spiro atoms. The van der Waals surface area contributed by atoms with Gasteiger partial charge in [0.1, 0.15) is 0 Å². The highest BCUT2D eigenvalue weighted by atomic mass is 16.7. The van der Waals surface area contributed by atoms with Crippen molar-refractivity contribution < 1.29 is 14.4 Å². The topological polar surface area (TPSA) is 38.8 Å². The Kier molecular flexibility index (Phi) is 3.90. The molecule has 3 aromatic carbocycles. The van der Waals surface area contributed by atoms with Crippen molar-refractivity contribution in [2.45, 2.75) is 13.0 Å². The van der Waals surface area contributed by atoms with Gasteiger partial charge in [-0.1, -0.05) is 48.5 Å². The second-order valence-electron chi connectivity index (χ2n) is 6.07. The van der Waals surface area contributed by atoms with Gasteiger partial charge in [-0.05, 0) is 46.2 Å². The molecule has 0 saturated heterocycles. The summed E-state index contributed by atoms with van der Waals surface area (Å²) in [6, 6.07) is 18.6. The lowest BCUT2D eigenvalue weighted by Gasteiger charge is -2.21. The second kappa shape index (κ2) is 6.22. The van der Waals surface area contributed by atoms with E-state index in [1.165, 1.54) is 10.8 Å². The highest BCUT2D eigenvalue weighted by molar-refractivity contribution is 6.03. The van der Waals surface area contributed by atoms with Gasteiger partial charge in [-0.15, -0.1) is 5.06 Å². The number of esters is 1. The monoisotopic (exact) mass is 333 g/mol. The Labute approximate surface area is 146 Å². The molecule has 0 aromatic heterocycles. The smallest absolute Gasteiger partial charge is 0.375 e. The number of rotatable bonds is 3. The number of hydrogen-bond donors (Lipinski definition) is 0. The maximum absolute atomic E-state index is 12.1.